The van der Waals surface area contributed by atoms with Gasteiger partial charge in [0, 0.05) is 11.3 Å². The number of rotatable bonds is 1. The molecule has 0 amide bonds. The van der Waals surface area contributed by atoms with E-state index in [1.807, 2.05) is 43.3 Å². The van der Waals surface area contributed by atoms with Crippen molar-refractivity contribution in [1.82, 2.24) is 4.90 Å². The van der Waals surface area contributed by atoms with E-state index in [4.69, 9.17) is 4.99 Å². The summed E-state index contributed by atoms with van der Waals surface area (Å²) >= 11 is 1.62. The molecule has 5 heteroatoms. The van der Waals surface area contributed by atoms with E-state index in [2.05, 4.69) is 23.1 Å². The van der Waals surface area contributed by atoms with E-state index in [0.29, 0.717) is 5.75 Å². The van der Waals surface area contributed by atoms with Gasteiger partial charge in [0.05, 0.1) is 11.7 Å². The van der Waals surface area contributed by atoms with Crippen molar-refractivity contribution in [1.29, 1.82) is 0 Å². The molecule has 0 bridgehead atoms. The first kappa shape index (κ1) is 15.6. The minimum atomic E-state index is -0.877. The van der Waals surface area contributed by atoms with E-state index in [-0.39, 0.29) is 23.0 Å². The second-order valence-electron chi connectivity index (χ2n) is 5.64. The number of aliphatic hydroxyl groups is 1. The Morgan fingerprint density at radius 3 is 2.59 bits per heavy atom. The lowest BCUT2D eigenvalue weighted by Gasteiger charge is -2.41. The fourth-order valence-electron chi connectivity index (χ4n) is 3.05. The maximum absolute atomic E-state index is 10.8. The minimum Gasteiger partial charge on any atom is -0.370 e. The number of aliphatic imine (C=N–C) groups is 1. The van der Waals surface area contributed by atoms with Crippen LogP contribution in [-0.4, -0.2) is 26.7 Å². The van der Waals surface area contributed by atoms with E-state index in [0.717, 1.165) is 16.4 Å². The Kier molecular flexibility index (Phi) is 4.05. The van der Waals surface area contributed by atoms with Crippen molar-refractivity contribution in [3.05, 3.63) is 65.7 Å². The normalized spacial score (nSPS) is 25.8. The van der Waals surface area contributed by atoms with Crippen molar-refractivity contribution in [3.8, 4) is 0 Å². The summed E-state index contributed by atoms with van der Waals surface area (Å²) in [6.45, 7) is 1.87. The van der Waals surface area contributed by atoms with Crippen molar-refractivity contribution >= 4 is 39.6 Å². The molecule has 114 valence electrons. The molecule has 1 fully saturated rings. The highest BCUT2D eigenvalue weighted by Gasteiger charge is 2.46. The fraction of sp³-hybridized carbons (Fsp3) is 0.235. The summed E-state index contributed by atoms with van der Waals surface area (Å²) in [6, 6.07) is 18.5. The summed E-state index contributed by atoms with van der Waals surface area (Å²) < 4.78 is 0. The second kappa shape index (κ2) is 5.72. The smallest absolute Gasteiger partial charge is 0.167 e. The molecule has 0 aliphatic carbocycles. The van der Waals surface area contributed by atoms with E-state index in [9.17, 15) is 5.11 Å². The Bertz CT molecular complexity index is 718. The van der Waals surface area contributed by atoms with Gasteiger partial charge in [-0.2, -0.15) is 0 Å². The van der Waals surface area contributed by atoms with Crippen molar-refractivity contribution in [2.75, 3.05) is 5.75 Å². The maximum atomic E-state index is 10.8. The van der Waals surface area contributed by atoms with Crippen molar-refractivity contribution in [3.63, 3.8) is 0 Å². The molecule has 1 saturated heterocycles. The molecule has 0 spiro atoms. The second-order valence-corrected chi connectivity index (χ2v) is 6.58. The maximum Gasteiger partial charge on any atom is 0.167 e. The molecule has 22 heavy (non-hydrogen) atoms. The summed E-state index contributed by atoms with van der Waals surface area (Å²) in [5, 5.41) is 11.7. The van der Waals surface area contributed by atoms with E-state index >= 15 is 0 Å². The molecule has 2 heterocycles. The van der Waals surface area contributed by atoms with E-state index in [1.54, 1.807) is 11.8 Å². The third kappa shape index (κ3) is 2.37. The first-order valence-electron chi connectivity index (χ1n) is 7.04. The number of hydrogen-bond donors (Lipinski definition) is 1. The van der Waals surface area contributed by atoms with Crippen LogP contribution in [0.4, 0.5) is 5.69 Å². The Balaban J connectivity index is 0.00000144. The van der Waals surface area contributed by atoms with Gasteiger partial charge in [-0.1, -0.05) is 60.3 Å². The van der Waals surface area contributed by atoms with Gasteiger partial charge in [0.1, 0.15) is 5.72 Å². The Labute approximate surface area is 144 Å². The van der Waals surface area contributed by atoms with Crippen molar-refractivity contribution in [2.24, 2.45) is 4.99 Å². The van der Waals surface area contributed by atoms with Crippen LogP contribution >= 0.6 is 28.7 Å². The molecule has 2 aliphatic rings. The van der Waals surface area contributed by atoms with Gasteiger partial charge in [-0.15, -0.1) is 17.0 Å². The van der Waals surface area contributed by atoms with Gasteiger partial charge in [-0.3, -0.25) is 0 Å². The van der Waals surface area contributed by atoms with Gasteiger partial charge in [0.25, 0.3) is 0 Å². The van der Waals surface area contributed by atoms with Gasteiger partial charge in [-0.25, -0.2) is 4.99 Å². The third-order valence-electron chi connectivity index (χ3n) is 4.02. The van der Waals surface area contributed by atoms with Crippen LogP contribution in [-0.2, 0) is 0 Å². The summed E-state index contributed by atoms with van der Waals surface area (Å²) in [7, 11) is 0. The summed E-state index contributed by atoms with van der Waals surface area (Å²) in [5.74, 6) is 0.642. The zero-order chi connectivity index (χ0) is 14.4. The summed E-state index contributed by atoms with van der Waals surface area (Å²) in [5.41, 5.74) is 2.45. The molecular weight excluding hydrogens is 360 g/mol. The molecule has 1 N–H and O–H groups in total. The molecule has 3 nitrogen and oxygen atoms in total. The van der Waals surface area contributed by atoms with Gasteiger partial charge in [-0.05, 0) is 18.6 Å². The van der Waals surface area contributed by atoms with Crippen molar-refractivity contribution in [2.45, 2.75) is 18.7 Å². The largest absolute Gasteiger partial charge is 0.370 e. The highest BCUT2D eigenvalue weighted by atomic mass is 79.9. The van der Waals surface area contributed by atoms with Crippen LogP contribution in [0, 0.1) is 0 Å². The monoisotopic (exact) mass is 376 g/mol. The van der Waals surface area contributed by atoms with E-state index < -0.39 is 5.72 Å². The number of hydrogen-bond acceptors (Lipinski definition) is 4. The number of amidine groups is 1. The summed E-state index contributed by atoms with van der Waals surface area (Å²) in [4.78, 5) is 6.78. The number of nitrogens with zero attached hydrogens (tertiary/aromatic N) is 2. The molecule has 2 aromatic rings. The van der Waals surface area contributed by atoms with Crippen LogP contribution in [0.2, 0.25) is 0 Å². The molecule has 2 aliphatic heterocycles. The topological polar surface area (TPSA) is 35.8 Å². The number of benzene rings is 2. The molecule has 0 saturated carbocycles. The van der Waals surface area contributed by atoms with Crippen LogP contribution in [0.5, 0.6) is 0 Å². The zero-order valence-corrected chi connectivity index (χ0v) is 14.7. The number of thioether (sulfide) groups is 1. The number of para-hydroxylation sites is 1. The van der Waals surface area contributed by atoms with Crippen LogP contribution in [0.3, 0.4) is 0 Å². The lowest BCUT2D eigenvalue weighted by atomic mass is 9.93. The average molecular weight is 377 g/mol. The third-order valence-corrected chi connectivity index (χ3v) is 5.26. The molecule has 2 atom stereocenters. The molecule has 4 rings (SSSR count). The lowest BCUT2D eigenvalue weighted by Crippen LogP contribution is -2.48. The minimum absolute atomic E-state index is 0. The predicted octanol–water partition coefficient (Wildman–Crippen LogP) is 4.11. The highest BCUT2D eigenvalue weighted by Crippen LogP contribution is 2.47. The van der Waals surface area contributed by atoms with Crippen LogP contribution in [0.25, 0.3) is 0 Å². The molecule has 2 aromatic carbocycles. The van der Waals surface area contributed by atoms with Gasteiger partial charge in [0.2, 0.25) is 0 Å². The standard InChI is InChI=1S/C17H16N2OS.BrH/c1-17(20)11-21-16-18-14-10-6-5-9-13(14)15(19(16)17)12-7-3-2-4-8-12;/h2-10,15,20H,11H2,1H3;1H/t15-,17?;/m0./s1. The van der Waals surface area contributed by atoms with Gasteiger partial charge >= 0.3 is 0 Å². The van der Waals surface area contributed by atoms with Crippen LogP contribution in [0.15, 0.2) is 59.6 Å². The molecule has 1 unspecified atom stereocenters. The number of halogens is 1. The number of fused-ring (bicyclic) bond motifs is 2. The molecular formula is C17H17BrN2OS. The van der Waals surface area contributed by atoms with Crippen molar-refractivity contribution < 1.29 is 5.11 Å². The molecule has 0 radical (unpaired) electrons. The zero-order valence-electron chi connectivity index (χ0n) is 12.1. The SMILES string of the molecule is Br.CC1(O)CSC2=Nc3ccccc3[C@H](c3ccccc3)N21. The first-order chi connectivity index (χ1) is 10.2. The Hall–Kier alpha value is -1.30. The quantitative estimate of drug-likeness (QED) is 0.813. The van der Waals surface area contributed by atoms with Gasteiger partial charge < -0.3 is 10.0 Å². The lowest BCUT2D eigenvalue weighted by molar-refractivity contribution is -0.0392. The van der Waals surface area contributed by atoms with Crippen LogP contribution < -0.4 is 0 Å². The predicted molar refractivity (Wildman–Crippen MR) is 97.1 cm³/mol. The molecule has 0 aromatic heterocycles. The fourth-order valence-corrected chi connectivity index (χ4v) is 4.19. The average Bonchev–Trinajstić information content (AvgIpc) is 2.81. The first-order valence-corrected chi connectivity index (χ1v) is 8.02. The Morgan fingerprint density at radius 2 is 1.82 bits per heavy atom. The van der Waals surface area contributed by atoms with Crippen LogP contribution in [0.1, 0.15) is 24.1 Å². The highest BCUT2D eigenvalue weighted by molar-refractivity contribution is 8.93. The van der Waals surface area contributed by atoms with Gasteiger partial charge in [0.15, 0.2) is 5.17 Å². The summed E-state index contributed by atoms with van der Waals surface area (Å²) in [6.07, 6.45) is 0. The van der Waals surface area contributed by atoms with E-state index in [1.165, 1.54) is 5.56 Å². The Morgan fingerprint density at radius 1 is 1.14 bits per heavy atom.